The number of fused-ring (bicyclic) bond motifs is 1. The van der Waals surface area contributed by atoms with Crippen LogP contribution in [0.15, 0.2) is 53.4 Å². The van der Waals surface area contributed by atoms with E-state index in [9.17, 15) is 14.4 Å². The number of thioether (sulfide) groups is 1. The summed E-state index contributed by atoms with van der Waals surface area (Å²) >= 11 is 13.5. The fraction of sp³-hybridized carbons (Fsp3) is 0.208. The topological polar surface area (TPSA) is 77.4 Å². The standard InChI is InChI=1S/C24H20Cl2N2O4S/c1-13-9-16(14(2)28(13)15-7-8-17(25)18(26)10-15)20(29)12-32-23(30)11-22-24(31)27-19-5-3-4-6-21(19)33-22/h3-10,22H,11-12H2,1-2H3,(H,27,31). The zero-order valence-corrected chi connectivity index (χ0v) is 20.2. The lowest BCUT2D eigenvalue weighted by Gasteiger charge is -2.23. The molecule has 0 bridgehead atoms. The van der Waals surface area contributed by atoms with Gasteiger partial charge >= 0.3 is 5.97 Å². The lowest BCUT2D eigenvalue weighted by molar-refractivity contribution is -0.143. The van der Waals surface area contributed by atoms with Crippen molar-refractivity contribution in [2.45, 2.75) is 30.4 Å². The Morgan fingerprint density at radius 1 is 1.09 bits per heavy atom. The first kappa shape index (κ1) is 23.4. The molecule has 1 aliphatic heterocycles. The summed E-state index contributed by atoms with van der Waals surface area (Å²) in [4.78, 5) is 38.3. The molecule has 1 atom stereocenters. The van der Waals surface area contributed by atoms with Crippen molar-refractivity contribution in [3.8, 4) is 5.69 Å². The van der Waals surface area contributed by atoms with Crippen LogP contribution >= 0.6 is 35.0 Å². The molecule has 1 unspecified atom stereocenters. The fourth-order valence-corrected chi connectivity index (χ4v) is 5.12. The molecular weight excluding hydrogens is 483 g/mol. The van der Waals surface area contributed by atoms with E-state index in [0.29, 0.717) is 21.3 Å². The first-order valence-corrected chi connectivity index (χ1v) is 11.8. The van der Waals surface area contributed by atoms with Crippen LogP contribution in [0.3, 0.4) is 0 Å². The number of nitrogens with one attached hydrogen (secondary N) is 1. The smallest absolute Gasteiger partial charge is 0.307 e. The predicted molar refractivity (Wildman–Crippen MR) is 130 cm³/mol. The number of para-hydroxylation sites is 1. The summed E-state index contributed by atoms with van der Waals surface area (Å²) in [7, 11) is 0. The van der Waals surface area contributed by atoms with Gasteiger partial charge < -0.3 is 14.6 Å². The number of benzene rings is 2. The number of aromatic nitrogens is 1. The number of hydrogen-bond donors (Lipinski definition) is 1. The van der Waals surface area contributed by atoms with Gasteiger partial charge in [-0.25, -0.2) is 0 Å². The maximum absolute atomic E-state index is 12.8. The van der Waals surface area contributed by atoms with Crippen LogP contribution < -0.4 is 5.32 Å². The van der Waals surface area contributed by atoms with Gasteiger partial charge in [0.25, 0.3) is 0 Å². The highest BCUT2D eigenvalue weighted by Gasteiger charge is 2.29. The zero-order chi connectivity index (χ0) is 23.7. The molecule has 1 aliphatic rings. The number of nitrogens with zero attached hydrogens (tertiary/aromatic N) is 1. The third-order valence-electron chi connectivity index (χ3n) is 5.32. The van der Waals surface area contributed by atoms with E-state index in [0.717, 1.165) is 22.0 Å². The van der Waals surface area contributed by atoms with Gasteiger partial charge in [-0.1, -0.05) is 35.3 Å². The summed E-state index contributed by atoms with van der Waals surface area (Å²) in [6, 6.07) is 14.4. The Morgan fingerprint density at radius 2 is 1.85 bits per heavy atom. The third-order valence-corrected chi connectivity index (χ3v) is 7.33. The quantitative estimate of drug-likeness (QED) is 0.349. The molecule has 1 aromatic heterocycles. The molecule has 0 saturated heterocycles. The number of carbonyl (C=O) groups excluding carboxylic acids is 3. The minimum absolute atomic E-state index is 0.125. The molecule has 0 fully saturated rings. The Hall–Kier alpha value is -2.74. The van der Waals surface area contributed by atoms with E-state index < -0.39 is 17.8 Å². The lowest BCUT2D eigenvalue weighted by atomic mass is 10.1. The molecule has 1 amide bonds. The van der Waals surface area contributed by atoms with Gasteiger partial charge in [-0.05, 0) is 50.2 Å². The van der Waals surface area contributed by atoms with Crippen molar-refractivity contribution in [2.24, 2.45) is 0 Å². The second-order valence-corrected chi connectivity index (χ2v) is 9.66. The van der Waals surface area contributed by atoms with Gasteiger partial charge in [-0.15, -0.1) is 11.8 Å². The molecule has 4 rings (SSSR count). The van der Waals surface area contributed by atoms with Crippen molar-refractivity contribution in [3.63, 3.8) is 0 Å². The van der Waals surface area contributed by atoms with E-state index in [1.54, 1.807) is 18.2 Å². The van der Waals surface area contributed by atoms with Crippen molar-refractivity contribution in [1.82, 2.24) is 4.57 Å². The summed E-state index contributed by atoms with van der Waals surface area (Å²) in [6.07, 6.45) is -0.125. The molecule has 0 radical (unpaired) electrons. The van der Waals surface area contributed by atoms with Crippen LogP contribution in [0.2, 0.25) is 10.0 Å². The highest BCUT2D eigenvalue weighted by atomic mass is 35.5. The number of amides is 1. The van der Waals surface area contributed by atoms with Crippen molar-refractivity contribution in [2.75, 3.05) is 11.9 Å². The molecule has 6 nitrogen and oxygen atoms in total. The molecule has 3 aromatic rings. The normalized spacial score (nSPS) is 15.0. The third kappa shape index (κ3) is 4.95. The molecule has 0 saturated carbocycles. The zero-order valence-electron chi connectivity index (χ0n) is 17.9. The van der Waals surface area contributed by atoms with Crippen LogP contribution in [0, 0.1) is 13.8 Å². The molecule has 170 valence electrons. The minimum atomic E-state index is -0.609. The number of rotatable bonds is 6. The number of ether oxygens (including phenoxy) is 1. The average Bonchev–Trinajstić information content (AvgIpc) is 3.08. The number of carbonyl (C=O) groups is 3. The number of Topliss-reactive ketones (excluding diaryl/α,β-unsaturated/α-hetero) is 1. The summed E-state index contributed by atoms with van der Waals surface area (Å²) in [5.74, 6) is -1.19. The van der Waals surface area contributed by atoms with Crippen LogP contribution in [-0.2, 0) is 14.3 Å². The molecule has 1 N–H and O–H groups in total. The summed E-state index contributed by atoms with van der Waals surface area (Å²) in [6.45, 7) is 3.28. The Bertz CT molecular complexity index is 1270. The van der Waals surface area contributed by atoms with E-state index in [2.05, 4.69) is 5.32 Å². The van der Waals surface area contributed by atoms with Gasteiger partial charge in [-0.2, -0.15) is 0 Å². The first-order valence-electron chi connectivity index (χ1n) is 10.1. The van der Waals surface area contributed by atoms with E-state index in [4.69, 9.17) is 27.9 Å². The van der Waals surface area contributed by atoms with Crippen molar-refractivity contribution in [1.29, 1.82) is 0 Å². The van der Waals surface area contributed by atoms with Crippen LogP contribution in [0.25, 0.3) is 5.69 Å². The van der Waals surface area contributed by atoms with Crippen molar-refractivity contribution >= 4 is 58.3 Å². The van der Waals surface area contributed by atoms with E-state index in [1.165, 1.54) is 11.8 Å². The highest BCUT2D eigenvalue weighted by molar-refractivity contribution is 8.01. The second kappa shape index (κ2) is 9.63. The Morgan fingerprint density at radius 3 is 2.61 bits per heavy atom. The first-order chi connectivity index (χ1) is 15.7. The molecule has 2 aromatic carbocycles. The molecule has 9 heteroatoms. The molecular formula is C24H20Cl2N2O4S. The van der Waals surface area contributed by atoms with Crippen molar-refractivity contribution in [3.05, 3.63) is 75.5 Å². The Labute approximate surface area is 205 Å². The predicted octanol–water partition coefficient (Wildman–Crippen LogP) is 5.63. The Kier molecular flexibility index (Phi) is 6.83. The van der Waals surface area contributed by atoms with E-state index >= 15 is 0 Å². The number of hydrogen-bond acceptors (Lipinski definition) is 5. The van der Waals surface area contributed by atoms with Gasteiger partial charge in [0, 0.05) is 27.5 Å². The van der Waals surface area contributed by atoms with Crippen LogP contribution in [-0.4, -0.2) is 34.1 Å². The van der Waals surface area contributed by atoms with Gasteiger partial charge in [0.15, 0.2) is 6.61 Å². The van der Waals surface area contributed by atoms with Gasteiger partial charge in [0.05, 0.1) is 27.4 Å². The maximum atomic E-state index is 12.8. The SMILES string of the molecule is Cc1cc(C(=O)COC(=O)CC2Sc3ccccc3NC2=O)c(C)n1-c1ccc(Cl)c(Cl)c1. The van der Waals surface area contributed by atoms with E-state index in [-0.39, 0.29) is 18.1 Å². The minimum Gasteiger partial charge on any atom is -0.457 e. The van der Waals surface area contributed by atoms with Crippen molar-refractivity contribution < 1.29 is 19.1 Å². The van der Waals surface area contributed by atoms with Crippen LogP contribution in [0.4, 0.5) is 5.69 Å². The molecule has 0 spiro atoms. The summed E-state index contributed by atoms with van der Waals surface area (Å²) in [5.41, 5.74) is 3.48. The lowest BCUT2D eigenvalue weighted by Crippen LogP contribution is -2.31. The summed E-state index contributed by atoms with van der Waals surface area (Å²) < 4.78 is 7.10. The summed E-state index contributed by atoms with van der Waals surface area (Å²) in [5, 5.41) is 3.04. The number of halogens is 2. The number of esters is 1. The number of ketones is 1. The fourth-order valence-electron chi connectivity index (χ4n) is 3.73. The molecule has 0 aliphatic carbocycles. The number of anilines is 1. The monoisotopic (exact) mass is 502 g/mol. The largest absolute Gasteiger partial charge is 0.457 e. The average molecular weight is 503 g/mol. The van der Waals surface area contributed by atoms with Gasteiger partial charge in [0.2, 0.25) is 11.7 Å². The van der Waals surface area contributed by atoms with Gasteiger partial charge in [-0.3, -0.25) is 14.4 Å². The maximum Gasteiger partial charge on any atom is 0.307 e. The number of aryl methyl sites for hydroxylation is 1. The molecule has 33 heavy (non-hydrogen) atoms. The molecule has 2 heterocycles. The van der Waals surface area contributed by atoms with Gasteiger partial charge in [0.1, 0.15) is 0 Å². The Balaban J connectivity index is 1.40. The van der Waals surface area contributed by atoms with Crippen LogP contribution in [0.1, 0.15) is 28.2 Å². The second-order valence-electron chi connectivity index (χ2n) is 7.60. The highest BCUT2D eigenvalue weighted by Crippen LogP contribution is 2.36. The van der Waals surface area contributed by atoms with Crippen LogP contribution in [0.5, 0.6) is 0 Å². The van der Waals surface area contributed by atoms with E-state index in [1.807, 2.05) is 48.7 Å².